The van der Waals surface area contributed by atoms with E-state index in [0.717, 1.165) is 16.2 Å². The molecule has 1 unspecified atom stereocenters. The van der Waals surface area contributed by atoms with Crippen LogP contribution in [0.2, 0.25) is 4.34 Å². The molecule has 142 valence electrons. The monoisotopic (exact) mass is 442 g/mol. The molecule has 0 saturated carbocycles. The predicted octanol–water partition coefficient (Wildman–Crippen LogP) is 4.46. The van der Waals surface area contributed by atoms with E-state index >= 15 is 0 Å². The molecule has 0 fully saturated rings. The quantitative estimate of drug-likeness (QED) is 0.525. The van der Waals surface area contributed by atoms with E-state index in [1.165, 1.54) is 35.6 Å². The third kappa shape index (κ3) is 4.62. The van der Waals surface area contributed by atoms with Crippen molar-refractivity contribution in [1.82, 2.24) is 5.32 Å². The number of carbonyl (C=O) groups excluding carboxylic acids is 1. The number of amides is 1. The van der Waals surface area contributed by atoms with E-state index in [1.807, 2.05) is 6.07 Å². The Balaban J connectivity index is 1.73. The molecule has 1 amide bonds. The lowest BCUT2D eigenvalue weighted by Crippen LogP contribution is -2.26. The van der Waals surface area contributed by atoms with Gasteiger partial charge in [0.25, 0.3) is 15.9 Å². The van der Waals surface area contributed by atoms with E-state index in [2.05, 4.69) is 10.0 Å². The van der Waals surface area contributed by atoms with Gasteiger partial charge in [-0.15, -0.1) is 22.7 Å². The van der Waals surface area contributed by atoms with Crippen molar-refractivity contribution < 1.29 is 18.3 Å². The first-order valence-corrected chi connectivity index (χ1v) is 11.3. The number of rotatable bonds is 6. The van der Waals surface area contributed by atoms with Crippen LogP contribution in [0.15, 0.2) is 52.1 Å². The molecule has 3 N–H and O–H groups in total. The molecule has 2 aromatic heterocycles. The zero-order chi connectivity index (χ0) is 19.6. The Morgan fingerprint density at radius 1 is 1.22 bits per heavy atom. The summed E-state index contributed by atoms with van der Waals surface area (Å²) >= 11 is 8.34. The van der Waals surface area contributed by atoms with Crippen LogP contribution in [-0.4, -0.2) is 19.4 Å². The fourth-order valence-electron chi connectivity index (χ4n) is 2.32. The number of carbonyl (C=O) groups is 1. The first-order chi connectivity index (χ1) is 12.8. The van der Waals surface area contributed by atoms with Crippen LogP contribution in [0.3, 0.4) is 0 Å². The van der Waals surface area contributed by atoms with Gasteiger partial charge in [-0.3, -0.25) is 9.52 Å². The van der Waals surface area contributed by atoms with Crippen LogP contribution in [0, 0.1) is 0 Å². The minimum Gasteiger partial charge on any atom is -0.507 e. The minimum absolute atomic E-state index is 0.0450. The topological polar surface area (TPSA) is 95.5 Å². The van der Waals surface area contributed by atoms with Crippen LogP contribution in [0.25, 0.3) is 0 Å². The summed E-state index contributed by atoms with van der Waals surface area (Å²) in [4.78, 5) is 13.3. The number of hydrogen-bond acceptors (Lipinski definition) is 6. The molecule has 0 spiro atoms. The molecule has 3 rings (SSSR count). The Bertz CT molecular complexity index is 1060. The standard InChI is InChI=1S/C17H15ClN2O4S3/c1-10(14-6-7-15(18)26-14)19-17(22)12-5-4-11(9-13(12)21)20-27(23,24)16-3-2-8-25-16/h2-10,20-21H,1H3,(H,19,22). The van der Waals surface area contributed by atoms with Gasteiger partial charge in [0, 0.05) is 10.9 Å². The van der Waals surface area contributed by atoms with E-state index < -0.39 is 15.9 Å². The lowest BCUT2D eigenvalue weighted by atomic mass is 10.1. The van der Waals surface area contributed by atoms with Gasteiger partial charge in [0.2, 0.25) is 0 Å². The highest BCUT2D eigenvalue weighted by atomic mass is 35.5. The third-order valence-electron chi connectivity index (χ3n) is 3.62. The van der Waals surface area contributed by atoms with Crippen molar-refractivity contribution in [3.8, 4) is 5.75 Å². The summed E-state index contributed by atoms with van der Waals surface area (Å²) < 4.78 is 27.6. The number of phenolic OH excluding ortho intramolecular Hbond substituents is 1. The van der Waals surface area contributed by atoms with Gasteiger partial charge < -0.3 is 10.4 Å². The summed E-state index contributed by atoms with van der Waals surface area (Å²) in [5.41, 5.74) is 0.208. The van der Waals surface area contributed by atoms with Crippen LogP contribution < -0.4 is 10.0 Å². The van der Waals surface area contributed by atoms with Gasteiger partial charge in [0.1, 0.15) is 9.96 Å². The molecule has 2 heterocycles. The third-order valence-corrected chi connectivity index (χ3v) is 7.82. The average molecular weight is 443 g/mol. The Kier molecular flexibility index (Phi) is 5.75. The van der Waals surface area contributed by atoms with E-state index in [4.69, 9.17) is 11.6 Å². The number of sulfonamides is 1. The molecule has 0 aliphatic carbocycles. The summed E-state index contributed by atoms with van der Waals surface area (Å²) in [6.45, 7) is 1.81. The molecule has 6 nitrogen and oxygen atoms in total. The highest BCUT2D eigenvalue weighted by Crippen LogP contribution is 2.28. The lowest BCUT2D eigenvalue weighted by molar-refractivity contribution is 0.0938. The predicted molar refractivity (Wildman–Crippen MR) is 108 cm³/mol. The van der Waals surface area contributed by atoms with Crippen LogP contribution in [0.4, 0.5) is 5.69 Å². The SMILES string of the molecule is CC(NC(=O)c1ccc(NS(=O)(=O)c2cccs2)cc1O)c1ccc(Cl)s1. The van der Waals surface area contributed by atoms with E-state index in [1.54, 1.807) is 24.4 Å². The van der Waals surface area contributed by atoms with Crippen molar-refractivity contribution in [2.45, 2.75) is 17.2 Å². The number of hydrogen-bond donors (Lipinski definition) is 3. The van der Waals surface area contributed by atoms with E-state index in [-0.39, 0.29) is 27.3 Å². The minimum atomic E-state index is -3.73. The van der Waals surface area contributed by atoms with Crippen molar-refractivity contribution in [3.63, 3.8) is 0 Å². The zero-order valence-corrected chi connectivity index (χ0v) is 17.2. The molecule has 0 saturated heterocycles. The van der Waals surface area contributed by atoms with Gasteiger partial charge in [-0.05, 0) is 42.6 Å². The second-order valence-electron chi connectivity index (χ2n) is 5.61. The maximum Gasteiger partial charge on any atom is 0.271 e. The van der Waals surface area contributed by atoms with Crippen LogP contribution >= 0.6 is 34.3 Å². The maximum absolute atomic E-state index is 12.4. The molecule has 3 aromatic rings. The Morgan fingerprint density at radius 3 is 2.59 bits per heavy atom. The molecular weight excluding hydrogens is 428 g/mol. The van der Waals surface area contributed by atoms with Gasteiger partial charge in [-0.25, -0.2) is 8.42 Å². The number of thiophene rings is 2. The zero-order valence-electron chi connectivity index (χ0n) is 14.0. The molecule has 0 radical (unpaired) electrons. The Hall–Kier alpha value is -2.07. The van der Waals surface area contributed by atoms with E-state index in [9.17, 15) is 18.3 Å². The second kappa shape index (κ2) is 7.89. The molecule has 10 heteroatoms. The Morgan fingerprint density at radius 2 is 2.00 bits per heavy atom. The number of anilines is 1. The molecule has 1 atom stereocenters. The Labute approximate surface area is 169 Å². The fraction of sp³-hybridized carbons (Fsp3) is 0.118. The number of aromatic hydroxyl groups is 1. The first kappa shape index (κ1) is 19.7. The second-order valence-corrected chi connectivity index (χ2v) is 10.2. The van der Waals surface area contributed by atoms with Crippen molar-refractivity contribution in [2.75, 3.05) is 4.72 Å². The van der Waals surface area contributed by atoms with E-state index in [0.29, 0.717) is 4.34 Å². The molecule has 0 aliphatic heterocycles. The molecular formula is C17H15ClN2O4S3. The van der Waals surface area contributed by atoms with Crippen molar-refractivity contribution in [1.29, 1.82) is 0 Å². The van der Waals surface area contributed by atoms with Gasteiger partial charge in [-0.1, -0.05) is 17.7 Å². The fourth-order valence-corrected chi connectivity index (χ4v) is 5.42. The number of phenols is 1. The van der Waals surface area contributed by atoms with Crippen molar-refractivity contribution in [2.24, 2.45) is 0 Å². The number of nitrogens with one attached hydrogen (secondary N) is 2. The van der Waals surface area contributed by atoms with Gasteiger partial charge in [0.05, 0.1) is 21.6 Å². The molecule has 0 aliphatic rings. The summed E-state index contributed by atoms with van der Waals surface area (Å²) in [6, 6.07) is 10.4. The van der Waals surface area contributed by atoms with Crippen LogP contribution in [-0.2, 0) is 10.0 Å². The van der Waals surface area contributed by atoms with Crippen LogP contribution in [0.5, 0.6) is 5.75 Å². The van der Waals surface area contributed by atoms with Crippen molar-refractivity contribution in [3.05, 3.63) is 62.6 Å². The first-order valence-electron chi connectivity index (χ1n) is 7.72. The largest absolute Gasteiger partial charge is 0.507 e. The number of benzene rings is 1. The van der Waals surface area contributed by atoms with Crippen LogP contribution in [0.1, 0.15) is 28.2 Å². The summed E-state index contributed by atoms with van der Waals surface area (Å²) in [5.74, 6) is -0.799. The molecule has 1 aromatic carbocycles. The molecule has 0 bridgehead atoms. The summed E-state index contributed by atoms with van der Waals surface area (Å²) in [7, 11) is -3.73. The van der Waals surface area contributed by atoms with Gasteiger partial charge in [-0.2, -0.15) is 0 Å². The summed E-state index contributed by atoms with van der Waals surface area (Å²) in [6.07, 6.45) is 0. The van der Waals surface area contributed by atoms with Gasteiger partial charge >= 0.3 is 0 Å². The number of halogens is 1. The molecule has 27 heavy (non-hydrogen) atoms. The highest BCUT2D eigenvalue weighted by molar-refractivity contribution is 7.94. The maximum atomic E-state index is 12.4. The smallest absolute Gasteiger partial charge is 0.271 e. The lowest BCUT2D eigenvalue weighted by Gasteiger charge is -2.14. The normalized spacial score (nSPS) is 12.5. The summed E-state index contributed by atoms with van der Waals surface area (Å²) in [5, 5.41) is 14.6. The van der Waals surface area contributed by atoms with Crippen molar-refractivity contribution >= 4 is 55.9 Å². The van der Waals surface area contributed by atoms with Gasteiger partial charge in [0.15, 0.2) is 0 Å². The average Bonchev–Trinajstić information content (AvgIpc) is 3.26. The highest BCUT2D eigenvalue weighted by Gasteiger charge is 2.19.